The first-order valence-corrected chi connectivity index (χ1v) is 11.6. The third-order valence-electron chi connectivity index (χ3n) is 5.36. The van der Waals surface area contributed by atoms with E-state index in [1.807, 2.05) is 6.07 Å². The second kappa shape index (κ2) is 8.94. The second-order valence-corrected chi connectivity index (χ2v) is 9.61. The fraction of sp³-hybridized carbons (Fsp3) is 0.391. The lowest BCUT2D eigenvalue weighted by Gasteiger charge is -2.10. The van der Waals surface area contributed by atoms with Gasteiger partial charge < -0.3 is 5.32 Å². The molecule has 3 nitrogen and oxygen atoms in total. The minimum Gasteiger partial charge on any atom is -0.317 e. The first kappa shape index (κ1) is 22.6. The normalized spacial score (nSPS) is 15.5. The van der Waals surface area contributed by atoms with E-state index >= 15 is 0 Å². The third-order valence-corrected chi connectivity index (χ3v) is 7.28. The van der Waals surface area contributed by atoms with Gasteiger partial charge in [0.05, 0.1) is 15.4 Å². The summed E-state index contributed by atoms with van der Waals surface area (Å²) < 4.78 is 64.5. The predicted octanol–water partition coefficient (Wildman–Crippen LogP) is 5.59. The van der Waals surface area contributed by atoms with Crippen LogP contribution in [0, 0.1) is 0 Å². The summed E-state index contributed by atoms with van der Waals surface area (Å²) in [6.45, 7) is 5.57. The molecule has 1 aliphatic rings. The molecule has 1 aliphatic heterocycles. The van der Waals surface area contributed by atoms with Crippen molar-refractivity contribution in [2.75, 3.05) is 13.1 Å². The van der Waals surface area contributed by atoms with Crippen LogP contribution in [0.1, 0.15) is 55.4 Å². The molecule has 0 radical (unpaired) electrons. The fourth-order valence-corrected chi connectivity index (χ4v) is 5.30. The number of nitrogens with one attached hydrogen (secondary N) is 1. The molecule has 1 heterocycles. The van der Waals surface area contributed by atoms with E-state index in [-0.39, 0.29) is 9.80 Å². The van der Waals surface area contributed by atoms with Crippen LogP contribution < -0.4 is 5.32 Å². The summed E-state index contributed by atoms with van der Waals surface area (Å²) in [6.07, 6.45) is -0.588. The van der Waals surface area contributed by atoms with E-state index in [2.05, 4.69) is 12.2 Å². The molecule has 3 rings (SSSR count). The van der Waals surface area contributed by atoms with Gasteiger partial charge in [-0.25, -0.2) is 8.42 Å². The molecule has 0 aromatic heterocycles. The average Bonchev–Trinajstić information content (AvgIpc) is 2.90. The number of unbranched alkanes of at least 4 members (excludes halogenated alkanes) is 1. The predicted molar refractivity (Wildman–Crippen MR) is 113 cm³/mol. The van der Waals surface area contributed by atoms with E-state index in [1.54, 1.807) is 12.1 Å². The number of hydrogen-bond donors (Lipinski definition) is 1. The zero-order chi connectivity index (χ0) is 21.9. The van der Waals surface area contributed by atoms with Gasteiger partial charge in [-0.2, -0.15) is 13.2 Å². The number of fused-ring (bicyclic) bond motifs is 1. The fourth-order valence-electron chi connectivity index (χ4n) is 3.71. The second-order valence-electron chi connectivity index (χ2n) is 7.55. The lowest BCUT2D eigenvalue weighted by Crippen LogP contribution is -2.15. The average molecular weight is 438 g/mol. The van der Waals surface area contributed by atoms with Crippen molar-refractivity contribution in [3.05, 3.63) is 69.6 Å². The molecule has 30 heavy (non-hydrogen) atoms. The SMILES string of the molecule is CCCNCCCCc1ccc2c(c1)S(=O)(=O)C(C)=C2c1ccc(C(F)(F)F)cc1. The van der Waals surface area contributed by atoms with E-state index in [0.717, 1.165) is 56.5 Å². The Balaban J connectivity index is 1.83. The van der Waals surface area contributed by atoms with Gasteiger partial charge in [-0.15, -0.1) is 0 Å². The number of allylic oxidation sites excluding steroid dienone is 1. The molecule has 0 aliphatic carbocycles. The molecule has 2 aromatic carbocycles. The molecule has 162 valence electrons. The van der Waals surface area contributed by atoms with Gasteiger partial charge in [0.1, 0.15) is 0 Å². The smallest absolute Gasteiger partial charge is 0.317 e. The third kappa shape index (κ3) is 4.62. The van der Waals surface area contributed by atoms with E-state index in [1.165, 1.54) is 19.1 Å². The van der Waals surface area contributed by atoms with Crippen LogP contribution in [-0.4, -0.2) is 21.5 Å². The molecule has 0 atom stereocenters. The molecule has 2 aromatic rings. The van der Waals surface area contributed by atoms with Crippen molar-refractivity contribution in [1.29, 1.82) is 0 Å². The Bertz CT molecular complexity index is 1040. The molecule has 0 bridgehead atoms. The number of rotatable bonds is 8. The number of aryl methyl sites for hydroxylation is 1. The lowest BCUT2D eigenvalue weighted by atomic mass is 9.95. The summed E-state index contributed by atoms with van der Waals surface area (Å²) in [7, 11) is -3.64. The Morgan fingerprint density at radius 1 is 0.967 bits per heavy atom. The number of hydrogen-bond acceptors (Lipinski definition) is 3. The Kier molecular flexibility index (Phi) is 6.72. The maximum Gasteiger partial charge on any atom is 0.416 e. The topological polar surface area (TPSA) is 46.2 Å². The van der Waals surface area contributed by atoms with Crippen molar-refractivity contribution < 1.29 is 21.6 Å². The number of alkyl halides is 3. The summed E-state index contributed by atoms with van der Waals surface area (Å²) in [5.41, 5.74) is 1.70. The van der Waals surface area contributed by atoms with E-state index < -0.39 is 21.6 Å². The minimum atomic E-state index is -4.43. The summed E-state index contributed by atoms with van der Waals surface area (Å²) >= 11 is 0. The molecule has 0 fully saturated rings. The van der Waals surface area contributed by atoms with Gasteiger partial charge in [0.15, 0.2) is 0 Å². The van der Waals surface area contributed by atoms with Gasteiger partial charge in [-0.3, -0.25) is 0 Å². The number of benzene rings is 2. The van der Waals surface area contributed by atoms with Crippen LogP contribution in [-0.2, 0) is 22.4 Å². The molecule has 0 unspecified atom stereocenters. The minimum absolute atomic E-state index is 0.179. The van der Waals surface area contributed by atoms with Crippen molar-refractivity contribution in [1.82, 2.24) is 5.32 Å². The first-order valence-electron chi connectivity index (χ1n) is 10.1. The Hall–Kier alpha value is -2.12. The Labute approximate surface area is 175 Å². The quantitative estimate of drug-likeness (QED) is 0.547. The molecule has 7 heteroatoms. The molecular weight excluding hydrogens is 411 g/mol. The van der Waals surface area contributed by atoms with Crippen molar-refractivity contribution in [3.8, 4) is 0 Å². The zero-order valence-corrected chi connectivity index (χ0v) is 18.0. The molecule has 0 saturated carbocycles. The van der Waals surface area contributed by atoms with Crippen LogP contribution in [0.3, 0.4) is 0 Å². The number of halogens is 3. The summed E-state index contributed by atoms with van der Waals surface area (Å²) in [6, 6.07) is 10.1. The lowest BCUT2D eigenvalue weighted by molar-refractivity contribution is -0.137. The van der Waals surface area contributed by atoms with Crippen molar-refractivity contribution in [2.24, 2.45) is 0 Å². The zero-order valence-electron chi connectivity index (χ0n) is 17.1. The summed E-state index contributed by atoms with van der Waals surface area (Å²) in [4.78, 5) is 0.426. The number of sulfone groups is 1. The van der Waals surface area contributed by atoms with Gasteiger partial charge in [0.25, 0.3) is 0 Å². The molecule has 1 N–H and O–H groups in total. The monoisotopic (exact) mass is 437 g/mol. The van der Waals surface area contributed by atoms with Crippen LogP contribution in [0.25, 0.3) is 5.57 Å². The van der Waals surface area contributed by atoms with Crippen molar-refractivity contribution >= 4 is 15.4 Å². The largest absolute Gasteiger partial charge is 0.416 e. The van der Waals surface area contributed by atoms with Crippen LogP contribution in [0.5, 0.6) is 0 Å². The maximum absolute atomic E-state index is 12.9. The highest BCUT2D eigenvalue weighted by Gasteiger charge is 2.34. The molecular formula is C23H26F3NO2S. The van der Waals surface area contributed by atoms with Gasteiger partial charge in [0.2, 0.25) is 9.84 Å². The maximum atomic E-state index is 12.9. The van der Waals surface area contributed by atoms with E-state index in [0.29, 0.717) is 16.7 Å². The van der Waals surface area contributed by atoms with Crippen molar-refractivity contribution in [3.63, 3.8) is 0 Å². The van der Waals surface area contributed by atoms with Gasteiger partial charge in [-0.05, 0) is 75.0 Å². The van der Waals surface area contributed by atoms with Gasteiger partial charge in [0, 0.05) is 11.1 Å². The highest BCUT2D eigenvalue weighted by molar-refractivity contribution is 7.95. The summed E-state index contributed by atoms with van der Waals surface area (Å²) in [5, 5.41) is 3.35. The van der Waals surface area contributed by atoms with Gasteiger partial charge in [-0.1, -0.05) is 31.2 Å². The molecule has 0 amide bonds. The molecule has 0 saturated heterocycles. The van der Waals surface area contributed by atoms with Crippen LogP contribution in [0.2, 0.25) is 0 Å². The Morgan fingerprint density at radius 2 is 1.67 bits per heavy atom. The Morgan fingerprint density at radius 3 is 2.30 bits per heavy atom. The van der Waals surface area contributed by atoms with Gasteiger partial charge >= 0.3 is 6.18 Å². The standard InChI is InChI=1S/C23H26F3NO2S/c1-3-13-27-14-5-4-6-17-7-12-20-21(15-17)30(28,29)16(2)22(20)18-8-10-19(11-9-18)23(24,25)26/h7-12,15,27H,3-6,13-14H2,1-2H3. The van der Waals surface area contributed by atoms with E-state index in [9.17, 15) is 21.6 Å². The highest BCUT2D eigenvalue weighted by atomic mass is 32.2. The van der Waals surface area contributed by atoms with E-state index in [4.69, 9.17) is 0 Å². The van der Waals surface area contributed by atoms with Crippen LogP contribution >= 0.6 is 0 Å². The highest BCUT2D eigenvalue weighted by Crippen LogP contribution is 2.43. The summed E-state index contributed by atoms with van der Waals surface area (Å²) in [5.74, 6) is 0. The molecule has 0 spiro atoms. The van der Waals surface area contributed by atoms with Crippen molar-refractivity contribution in [2.45, 2.75) is 50.6 Å². The van der Waals surface area contributed by atoms with Crippen LogP contribution in [0.15, 0.2) is 52.3 Å². The van der Waals surface area contributed by atoms with Crippen LogP contribution in [0.4, 0.5) is 13.2 Å². The first-order chi connectivity index (χ1) is 14.2.